The minimum Gasteiger partial charge on any atom is -0.369 e. The first-order chi connectivity index (χ1) is 10.9. The van der Waals surface area contributed by atoms with Crippen molar-refractivity contribution in [2.45, 2.75) is 31.1 Å². The third kappa shape index (κ3) is 4.76. The largest absolute Gasteiger partial charge is 0.369 e. The minimum absolute atomic E-state index is 0.0521. The molecule has 126 valence electrons. The SMILES string of the molecule is CN(CC(N)=O)CC(=O)NCC1(c2ccc(F)cc2)CCCC1. The number of rotatable bonds is 7. The maximum atomic E-state index is 13.1. The number of nitrogens with zero attached hydrogens (tertiary/aromatic N) is 1. The Bertz CT molecular complexity index is 553. The number of nitrogens with one attached hydrogen (secondary N) is 1. The first-order valence-corrected chi connectivity index (χ1v) is 7.91. The monoisotopic (exact) mass is 321 g/mol. The molecule has 1 aromatic rings. The molecule has 0 saturated heterocycles. The number of hydrogen-bond donors (Lipinski definition) is 2. The molecule has 0 spiro atoms. The van der Waals surface area contributed by atoms with Crippen LogP contribution in [0.5, 0.6) is 0 Å². The molecule has 0 unspecified atom stereocenters. The Morgan fingerprint density at radius 3 is 2.39 bits per heavy atom. The molecule has 0 atom stereocenters. The molecule has 2 rings (SSSR count). The van der Waals surface area contributed by atoms with E-state index >= 15 is 0 Å². The lowest BCUT2D eigenvalue weighted by Gasteiger charge is -2.30. The van der Waals surface area contributed by atoms with Gasteiger partial charge in [-0.05, 0) is 37.6 Å². The molecule has 2 amide bonds. The summed E-state index contributed by atoms with van der Waals surface area (Å²) in [6, 6.07) is 6.56. The topological polar surface area (TPSA) is 75.4 Å². The van der Waals surface area contributed by atoms with Gasteiger partial charge in [-0.3, -0.25) is 14.5 Å². The standard InChI is InChI=1S/C17H24FN3O2/c1-21(10-15(19)22)11-16(23)20-12-17(8-2-3-9-17)13-4-6-14(18)7-5-13/h4-7H,2-3,8-12H2,1H3,(H2,19,22)(H,20,23). The lowest BCUT2D eigenvalue weighted by Crippen LogP contribution is -2.44. The van der Waals surface area contributed by atoms with Gasteiger partial charge in [0.1, 0.15) is 5.82 Å². The molecule has 0 aliphatic heterocycles. The molecule has 6 heteroatoms. The zero-order chi connectivity index (χ0) is 16.9. The second-order valence-corrected chi connectivity index (χ2v) is 6.41. The average molecular weight is 321 g/mol. The van der Waals surface area contributed by atoms with Crippen molar-refractivity contribution in [3.05, 3.63) is 35.6 Å². The first-order valence-electron chi connectivity index (χ1n) is 7.91. The van der Waals surface area contributed by atoms with Crippen molar-refractivity contribution < 1.29 is 14.0 Å². The van der Waals surface area contributed by atoms with Crippen LogP contribution in [0, 0.1) is 5.82 Å². The van der Waals surface area contributed by atoms with E-state index < -0.39 is 5.91 Å². The first kappa shape index (κ1) is 17.4. The van der Waals surface area contributed by atoms with Crippen molar-refractivity contribution in [3.8, 4) is 0 Å². The van der Waals surface area contributed by atoms with E-state index in [9.17, 15) is 14.0 Å². The van der Waals surface area contributed by atoms with Crippen LogP contribution in [-0.4, -0.2) is 43.4 Å². The number of carbonyl (C=O) groups is 2. The molecule has 1 aromatic carbocycles. The molecule has 3 N–H and O–H groups in total. The second-order valence-electron chi connectivity index (χ2n) is 6.41. The molecule has 1 aliphatic carbocycles. The Hall–Kier alpha value is -1.95. The molecule has 0 bridgehead atoms. The quantitative estimate of drug-likeness (QED) is 0.791. The van der Waals surface area contributed by atoms with Crippen molar-refractivity contribution in [1.82, 2.24) is 10.2 Å². The fraction of sp³-hybridized carbons (Fsp3) is 0.529. The van der Waals surface area contributed by atoms with Gasteiger partial charge in [0.25, 0.3) is 0 Å². The zero-order valence-corrected chi connectivity index (χ0v) is 13.5. The summed E-state index contributed by atoms with van der Waals surface area (Å²) < 4.78 is 13.1. The Balaban J connectivity index is 1.96. The van der Waals surface area contributed by atoms with E-state index in [0.717, 1.165) is 31.2 Å². The predicted octanol–water partition coefficient (Wildman–Crippen LogP) is 1.17. The van der Waals surface area contributed by atoms with E-state index in [1.165, 1.54) is 12.1 Å². The maximum absolute atomic E-state index is 13.1. The third-order valence-corrected chi connectivity index (χ3v) is 4.48. The van der Waals surface area contributed by atoms with Crippen LogP contribution in [0.25, 0.3) is 0 Å². The highest BCUT2D eigenvalue weighted by Gasteiger charge is 2.35. The van der Waals surface area contributed by atoms with Crippen LogP contribution in [-0.2, 0) is 15.0 Å². The second kappa shape index (κ2) is 7.55. The normalized spacial score (nSPS) is 16.5. The van der Waals surface area contributed by atoms with Crippen molar-refractivity contribution in [2.75, 3.05) is 26.7 Å². The average Bonchev–Trinajstić information content (AvgIpc) is 2.95. The summed E-state index contributed by atoms with van der Waals surface area (Å²) in [6.45, 7) is 0.709. The van der Waals surface area contributed by atoms with Crippen LogP contribution in [0.3, 0.4) is 0 Å². The number of halogens is 1. The zero-order valence-electron chi connectivity index (χ0n) is 13.5. The molecule has 23 heavy (non-hydrogen) atoms. The van der Waals surface area contributed by atoms with E-state index in [2.05, 4.69) is 5.32 Å². The Labute approximate surface area is 136 Å². The molecule has 1 saturated carbocycles. The third-order valence-electron chi connectivity index (χ3n) is 4.48. The van der Waals surface area contributed by atoms with Gasteiger partial charge in [-0.15, -0.1) is 0 Å². The Morgan fingerprint density at radius 2 is 1.83 bits per heavy atom. The smallest absolute Gasteiger partial charge is 0.234 e. The number of nitrogens with two attached hydrogens (primary N) is 1. The van der Waals surface area contributed by atoms with Crippen LogP contribution in [0.1, 0.15) is 31.2 Å². The number of likely N-dealkylation sites (N-methyl/N-ethyl adjacent to an activating group) is 1. The molecule has 0 aromatic heterocycles. The van der Waals surface area contributed by atoms with Crippen LogP contribution >= 0.6 is 0 Å². The van der Waals surface area contributed by atoms with Gasteiger partial charge >= 0.3 is 0 Å². The van der Waals surface area contributed by atoms with E-state index in [4.69, 9.17) is 5.73 Å². The number of carbonyl (C=O) groups excluding carboxylic acids is 2. The fourth-order valence-corrected chi connectivity index (χ4v) is 3.31. The maximum Gasteiger partial charge on any atom is 0.234 e. The number of amides is 2. The van der Waals surface area contributed by atoms with Crippen LogP contribution in [0.4, 0.5) is 4.39 Å². The van der Waals surface area contributed by atoms with Crippen LogP contribution in [0.15, 0.2) is 24.3 Å². The summed E-state index contributed by atoms with van der Waals surface area (Å²) in [4.78, 5) is 24.5. The van der Waals surface area contributed by atoms with Gasteiger partial charge in [-0.25, -0.2) is 4.39 Å². The fourth-order valence-electron chi connectivity index (χ4n) is 3.31. The molecule has 0 radical (unpaired) electrons. The van der Waals surface area contributed by atoms with Gasteiger partial charge < -0.3 is 11.1 Å². The lowest BCUT2D eigenvalue weighted by atomic mass is 9.79. The summed E-state index contributed by atoms with van der Waals surface area (Å²) in [5.74, 6) is -0.847. The number of hydrogen-bond acceptors (Lipinski definition) is 3. The van der Waals surface area contributed by atoms with Gasteiger partial charge in [-0.2, -0.15) is 0 Å². The van der Waals surface area contributed by atoms with Gasteiger partial charge in [0.15, 0.2) is 0 Å². The van der Waals surface area contributed by atoms with Crippen molar-refractivity contribution >= 4 is 11.8 Å². The number of benzene rings is 1. The van der Waals surface area contributed by atoms with Gasteiger partial charge in [0.2, 0.25) is 11.8 Å². The van der Waals surface area contributed by atoms with Crippen LogP contribution < -0.4 is 11.1 Å². The molecule has 1 fully saturated rings. The Morgan fingerprint density at radius 1 is 1.22 bits per heavy atom. The molecule has 1 aliphatic rings. The van der Waals surface area contributed by atoms with E-state index in [1.807, 2.05) is 12.1 Å². The van der Waals surface area contributed by atoms with Crippen molar-refractivity contribution in [1.29, 1.82) is 0 Å². The highest BCUT2D eigenvalue weighted by molar-refractivity contribution is 5.80. The highest BCUT2D eigenvalue weighted by atomic mass is 19.1. The molecule has 0 heterocycles. The molecular formula is C17H24FN3O2. The summed E-state index contributed by atoms with van der Waals surface area (Å²) in [5.41, 5.74) is 6.06. The Kier molecular flexibility index (Phi) is 5.71. The van der Waals surface area contributed by atoms with Crippen LogP contribution in [0.2, 0.25) is 0 Å². The summed E-state index contributed by atoms with van der Waals surface area (Å²) >= 11 is 0. The van der Waals surface area contributed by atoms with Gasteiger partial charge in [-0.1, -0.05) is 25.0 Å². The molecular weight excluding hydrogens is 297 g/mol. The summed E-state index contributed by atoms with van der Waals surface area (Å²) in [7, 11) is 1.68. The predicted molar refractivity (Wildman–Crippen MR) is 86.2 cm³/mol. The minimum atomic E-state index is -0.459. The summed E-state index contributed by atoms with van der Waals surface area (Å²) in [5, 5.41) is 2.96. The van der Waals surface area contributed by atoms with Gasteiger partial charge in [0, 0.05) is 12.0 Å². The van der Waals surface area contributed by atoms with E-state index in [-0.39, 0.29) is 30.2 Å². The van der Waals surface area contributed by atoms with E-state index in [0.29, 0.717) is 6.54 Å². The highest BCUT2D eigenvalue weighted by Crippen LogP contribution is 2.40. The van der Waals surface area contributed by atoms with Crippen molar-refractivity contribution in [3.63, 3.8) is 0 Å². The number of primary amides is 1. The van der Waals surface area contributed by atoms with E-state index in [1.54, 1.807) is 11.9 Å². The summed E-state index contributed by atoms with van der Waals surface area (Å²) in [6.07, 6.45) is 4.18. The van der Waals surface area contributed by atoms with Gasteiger partial charge in [0.05, 0.1) is 13.1 Å². The molecule has 5 nitrogen and oxygen atoms in total. The van der Waals surface area contributed by atoms with Crippen molar-refractivity contribution in [2.24, 2.45) is 5.73 Å². The lowest BCUT2D eigenvalue weighted by molar-refractivity contribution is -0.123.